The molecule has 0 radical (unpaired) electrons. The van der Waals surface area contributed by atoms with Crippen molar-refractivity contribution >= 4 is 71.8 Å². The number of nitriles is 2. The topological polar surface area (TPSA) is 47.6 Å². The van der Waals surface area contributed by atoms with Crippen molar-refractivity contribution in [1.29, 1.82) is 10.5 Å². The summed E-state index contributed by atoms with van der Waals surface area (Å²) in [7, 11) is 0. The predicted octanol–water partition coefficient (Wildman–Crippen LogP) is 13.5. The number of nitrogens with zero attached hydrogens (tertiary/aromatic N) is 2. The van der Waals surface area contributed by atoms with Crippen LogP contribution in [0.5, 0.6) is 0 Å². The van der Waals surface area contributed by atoms with Crippen LogP contribution in [0.15, 0.2) is 157 Å². The highest BCUT2D eigenvalue weighted by molar-refractivity contribution is 7.24. The van der Waals surface area contributed by atoms with Gasteiger partial charge in [-0.15, -0.1) is 22.7 Å². The Hall–Kier alpha value is -6.30. The van der Waals surface area contributed by atoms with Gasteiger partial charge in [0, 0.05) is 19.5 Å². The molecule has 0 aliphatic rings. The Bertz CT molecular complexity index is 2890. The largest absolute Gasteiger partial charge is 0.192 e. The number of thiophene rings is 2. The van der Waals surface area contributed by atoms with Gasteiger partial charge in [0.1, 0.15) is 17.7 Å². The van der Waals surface area contributed by atoms with Crippen molar-refractivity contribution < 1.29 is 0 Å². The molecule has 7 aromatic carbocycles. The molecule has 0 fully saturated rings. The van der Waals surface area contributed by atoms with E-state index in [0.717, 1.165) is 14.6 Å². The Balaban J connectivity index is 1.27. The molecule has 2 heterocycles. The molecule has 2 aromatic heterocycles. The minimum absolute atomic E-state index is 0.110. The van der Waals surface area contributed by atoms with E-state index in [9.17, 15) is 10.5 Å². The summed E-state index contributed by atoms with van der Waals surface area (Å²) in [6.45, 7) is 0. The van der Waals surface area contributed by atoms with Crippen LogP contribution in [0.4, 0.5) is 0 Å². The fraction of sp³-hybridized carbons (Fsp3) is 0. The minimum atomic E-state index is 0.110. The van der Waals surface area contributed by atoms with Crippen molar-refractivity contribution in [2.45, 2.75) is 0 Å². The fourth-order valence-corrected chi connectivity index (χ4v) is 9.11. The molecule has 4 heteroatoms. The van der Waals surface area contributed by atoms with Gasteiger partial charge >= 0.3 is 0 Å². The van der Waals surface area contributed by atoms with Crippen LogP contribution in [-0.2, 0) is 0 Å². The van der Waals surface area contributed by atoms with Gasteiger partial charge in [-0.1, -0.05) is 109 Å². The third-order valence-electron chi connectivity index (χ3n) is 9.39. The van der Waals surface area contributed by atoms with Crippen molar-refractivity contribution in [3.05, 3.63) is 162 Å². The van der Waals surface area contributed by atoms with Crippen molar-refractivity contribution in [3.63, 3.8) is 0 Å². The molecular formula is C46H26N2S2. The second-order valence-electron chi connectivity index (χ2n) is 12.3. The molecule has 0 bridgehead atoms. The van der Waals surface area contributed by atoms with E-state index < -0.39 is 0 Å². The van der Waals surface area contributed by atoms with E-state index in [0.29, 0.717) is 0 Å². The lowest BCUT2D eigenvalue weighted by molar-refractivity contribution is 1.47. The third kappa shape index (κ3) is 5.16. The number of benzene rings is 7. The lowest BCUT2D eigenvalue weighted by atomic mass is 9.84. The molecule has 0 saturated heterocycles. The first-order valence-corrected chi connectivity index (χ1v) is 18.0. The monoisotopic (exact) mass is 670 g/mol. The molecule has 0 N–H and O–H groups in total. The van der Waals surface area contributed by atoms with Gasteiger partial charge in [-0.05, 0) is 119 Å². The molecule has 2 nitrogen and oxygen atoms in total. The summed E-state index contributed by atoms with van der Waals surface area (Å²) in [5, 5.41) is 28.2. The zero-order chi connectivity index (χ0) is 33.6. The Morgan fingerprint density at radius 3 is 1.56 bits per heavy atom. The van der Waals surface area contributed by atoms with Crippen molar-refractivity contribution in [2.24, 2.45) is 0 Å². The molecule has 0 aliphatic carbocycles. The minimum Gasteiger partial charge on any atom is -0.192 e. The number of allylic oxidation sites excluding steroid dienone is 1. The smallest absolute Gasteiger partial charge is 0.131 e. The number of hydrogen-bond donors (Lipinski definition) is 0. The molecular weight excluding hydrogens is 645 g/mol. The summed E-state index contributed by atoms with van der Waals surface area (Å²) < 4.78 is 0. The van der Waals surface area contributed by atoms with E-state index in [4.69, 9.17) is 0 Å². The van der Waals surface area contributed by atoms with E-state index >= 15 is 0 Å². The summed E-state index contributed by atoms with van der Waals surface area (Å²) >= 11 is 3.35. The second-order valence-corrected chi connectivity index (χ2v) is 14.5. The second kappa shape index (κ2) is 12.3. The normalized spacial score (nSPS) is 11.2. The number of hydrogen-bond acceptors (Lipinski definition) is 4. The van der Waals surface area contributed by atoms with E-state index in [1.807, 2.05) is 18.2 Å². The summed E-state index contributed by atoms with van der Waals surface area (Å²) in [6.07, 6.45) is 1.65. The van der Waals surface area contributed by atoms with E-state index in [-0.39, 0.29) is 5.57 Å². The summed E-state index contributed by atoms with van der Waals surface area (Å²) in [5.74, 6) is 0. The highest BCUT2D eigenvalue weighted by Crippen LogP contribution is 2.47. The van der Waals surface area contributed by atoms with Crippen LogP contribution in [-0.4, -0.2) is 0 Å². The molecule has 9 aromatic rings. The predicted molar refractivity (Wildman–Crippen MR) is 213 cm³/mol. The van der Waals surface area contributed by atoms with Gasteiger partial charge in [-0.3, -0.25) is 0 Å². The lowest BCUT2D eigenvalue weighted by Gasteiger charge is -2.19. The van der Waals surface area contributed by atoms with Crippen LogP contribution in [0.3, 0.4) is 0 Å². The van der Waals surface area contributed by atoms with Crippen molar-refractivity contribution in [3.8, 4) is 54.6 Å². The maximum Gasteiger partial charge on any atom is 0.131 e. The lowest BCUT2D eigenvalue weighted by Crippen LogP contribution is -1.92. The van der Waals surface area contributed by atoms with E-state index in [2.05, 4.69) is 146 Å². The zero-order valence-electron chi connectivity index (χ0n) is 26.7. The SMILES string of the molecule is N#CC(C#N)=Cc1ccc(-c2ccc(-c3ccc4c(-c5ccc6ccccc6c5)c5ccccc5c(-c5ccc6ccccc6c5)c4c3)s2)s1. The molecule has 50 heavy (non-hydrogen) atoms. The van der Waals surface area contributed by atoms with Gasteiger partial charge in [0.25, 0.3) is 0 Å². The van der Waals surface area contributed by atoms with Gasteiger partial charge < -0.3 is 0 Å². The molecule has 0 aliphatic heterocycles. The van der Waals surface area contributed by atoms with Crippen LogP contribution < -0.4 is 0 Å². The molecule has 0 spiro atoms. The molecule has 232 valence electrons. The third-order valence-corrected chi connectivity index (χ3v) is 11.8. The van der Waals surface area contributed by atoms with E-state index in [1.165, 1.54) is 75.8 Å². The van der Waals surface area contributed by atoms with Crippen LogP contribution in [0, 0.1) is 22.7 Å². The maximum absolute atomic E-state index is 9.20. The van der Waals surface area contributed by atoms with Crippen molar-refractivity contribution in [1.82, 2.24) is 0 Å². The average Bonchev–Trinajstić information content (AvgIpc) is 3.86. The highest BCUT2D eigenvalue weighted by Gasteiger charge is 2.19. The summed E-state index contributed by atoms with van der Waals surface area (Å²) in [5.41, 5.74) is 6.18. The first-order valence-electron chi connectivity index (χ1n) is 16.4. The molecule has 0 unspecified atom stereocenters. The Morgan fingerprint density at radius 1 is 0.420 bits per heavy atom. The standard InChI is InChI=1S/C46H26N2S2/c47-27-29(28-48)23-37-18-20-43(49-37)44-22-21-42(50-44)34-17-19-40-41(26-34)46(36-16-14-31-8-2-4-10-33(31)25-36)39-12-6-5-11-38(39)45(40)35-15-13-30-7-1-3-9-32(30)24-35/h1-26H. The molecule has 0 saturated carbocycles. The van der Waals surface area contributed by atoms with Crippen LogP contribution in [0.1, 0.15) is 4.88 Å². The van der Waals surface area contributed by atoms with E-state index in [1.54, 1.807) is 28.7 Å². The molecule has 9 rings (SSSR count). The quantitative estimate of drug-likeness (QED) is 0.135. The maximum atomic E-state index is 9.20. The van der Waals surface area contributed by atoms with Gasteiger partial charge in [0.15, 0.2) is 0 Å². The number of fused-ring (bicyclic) bond motifs is 4. The number of rotatable bonds is 5. The Kier molecular flexibility index (Phi) is 7.33. The Labute approximate surface area is 297 Å². The summed E-state index contributed by atoms with van der Waals surface area (Å²) in [4.78, 5) is 4.36. The Morgan fingerprint density at radius 2 is 0.920 bits per heavy atom. The van der Waals surface area contributed by atoms with Crippen LogP contribution in [0.25, 0.3) is 91.6 Å². The average molecular weight is 671 g/mol. The van der Waals surface area contributed by atoms with Gasteiger partial charge in [0.2, 0.25) is 0 Å². The fourth-order valence-electron chi connectivity index (χ4n) is 7.06. The molecule has 0 atom stereocenters. The zero-order valence-corrected chi connectivity index (χ0v) is 28.4. The molecule has 0 amide bonds. The summed E-state index contributed by atoms with van der Waals surface area (Å²) in [6, 6.07) is 58.9. The first-order chi connectivity index (χ1) is 24.7. The van der Waals surface area contributed by atoms with Gasteiger partial charge in [0.05, 0.1) is 0 Å². The van der Waals surface area contributed by atoms with Crippen LogP contribution >= 0.6 is 22.7 Å². The van der Waals surface area contributed by atoms with Crippen molar-refractivity contribution in [2.75, 3.05) is 0 Å². The van der Waals surface area contributed by atoms with Gasteiger partial charge in [-0.2, -0.15) is 10.5 Å². The highest BCUT2D eigenvalue weighted by atomic mass is 32.1. The van der Waals surface area contributed by atoms with Crippen LogP contribution in [0.2, 0.25) is 0 Å². The van der Waals surface area contributed by atoms with Gasteiger partial charge in [-0.25, -0.2) is 0 Å². The first kappa shape index (κ1) is 29.8.